The van der Waals surface area contributed by atoms with E-state index in [2.05, 4.69) is 0 Å². The van der Waals surface area contributed by atoms with Crippen LogP contribution in [0.1, 0.15) is 63.7 Å². The fraction of sp³-hybridized carbons (Fsp3) is 0.375. The molecule has 3 rings (SSSR count). The lowest BCUT2D eigenvalue weighted by Crippen LogP contribution is -2.46. The second-order valence-corrected chi connectivity index (χ2v) is 10.1. The molecular formula is C32H39F2N3O3. The molecule has 6 nitrogen and oxygen atoms in total. The molecule has 0 heterocycles. The third kappa shape index (κ3) is 8.19. The van der Waals surface area contributed by atoms with Gasteiger partial charge in [0.25, 0.3) is 11.8 Å². The van der Waals surface area contributed by atoms with Gasteiger partial charge < -0.3 is 20.6 Å². The van der Waals surface area contributed by atoms with Crippen LogP contribution in [-0.2, 0) is 19.4 Å². The molecule has 3 N–H and O–H groups in total. The second kappa shape index (κ2) is 14.1. The lowest BCUT2D eigenvalue weighted by atomic mass is 10.00. The van der Waals surface area contributed by atoms with Gasteiger partial charge in [0, 0.05) is 49.4 Å². The van der Waals surface area contributed by atoms with Crippen molar-refractivity contribution < 1.29 is 23.5 Å². The first-order valence-corrected chi connectivity index (χ1v) is 13.7. The Morgan fingerprint density at radius 2 is 1.40 bits per heavy atom. The van der Waals surface area contributed by atoms with Crippen molar-refractivity contribution in [2.45, 2.75) is 59.2 Å². The predicted molar refractivity (Wildman–Crippen MR) is 153 cm³/mol. The van der Waals surface area contributed by atoms with E-state index in [1.165, 1.54) is 17.0 Å². The number of hydrogen-bond acceptors (Lipinski definition) is 4. The SMILES string of the molecule is CCc1cccc(CN(C[C@@H](O)[C@@H](N)Cc2cc(F)cc(F)c2)C(=O)c2cc(C)cc(C(=O)N(CC)CC)c2)c1. The molecule has 0 aliphatic carbocycles. The molecule has 2 atom stereocenters. The number of aliphatic hydroxyl groups excluding tert-OH is 1. The summed E-state index contributed by atoms with van der Waals surface area (Å²) in [4.78, 5) is 30.1. The van der Waals surface area contributed by atoms with Gasteiger partial charge in [-0.1, -0.05) is 31.2 Å². The van der Waals surface area contributed by atoms with Crippen LogP contribution in [0.3, 0.4) is 0 Å². The monoisotopic (exact) mass is 551 g/mol. The minimum Gasteiger partial charge on any atom is -0.390 e. The zero-order chi connectivity index (χ0) is 29.4. The summed E-state index contributed by atoms with van der Waals surface area (Å²) >= 11 is 0. The molecule has 0 aliphatic heterocycles. The number of carbonyl (C=O) groups is 2. The Kier molecular flexibility index (Phi) is 10.9. The van der Waals surface area contributed by atoms with Gasteiger partial charge in [0.2, 0.25) is 0 Å². The lowest BCUT2D eigenvalue weighted by molar-refractivity contribution is 0.0554. The van der Waals surface area contributed by atoms with Crippen molar-refractivity contribution in [3.05, 3.63) is 106 Å². The molecule has 3 aromatic rings. The fourth-order valence-electron chi connectivity index (χ4n) is 4.79. The Hall–Kier alpha value is -3.62. The van der Waals surface area contributed by atoms with Gasteiger partial charge in [0.15, 0.2) is 0 Å². The summed E-state index contributed by atoms with van der Waals surface area (Å²) in [6.07, 6.45) is -0.323. The largest absolute Gasteiger partial charge is 0.390 e. The normalized spacial score (nSPS) is 12.6. The third-order valence-corrected chi connectivity index (χ3v) is 6.98. The number of amides is 2. The molecule has 0 bridgehead atoms. The van der Waals surface area contributed by atoms with Gasteiger partial charge in [-0.3, -0.25) is 9.59 Å². The van der Waals surface area contributed by atoms with Crippen LogP contribution in [0.15, 0.2) is 60.7 Å². The van der Waals surface area contributed by atoms with Gasteiger partial charge >= 0.3 is 0 Å². The Balaban J connectivity index is 1.91. The summed E-state index contributed by atoms with van der Waals surface area (Å²) in [5.74, 6) is -1.96. The van der Waals surface area contributed by atoms with Crippen molar-refractivity contribution in [1.29, 1.82) is 0 Å². The van der Waals surface area contributed by atoms with Crippen molar-refractivity contribution in [1.82, 2.24) is 9.80 Å². The minimum atomic E-state index is -1.17. The van der Waals surface area contributed by atoms with E-state index in [4.69, 9.17) is 5.73 Å². The first-order valence-electron chi connectivity index (χ1n) is 13.7. The number of aliphatic hydroxyl groups is 1. The molecule has 214 valence electrons. The molecule has 0 fully saturated rings. The molecule has 0 saturated carbocycles. The number of nitrogens with zero attached hydrogens (tertiary/aromatic N) is 2. The van der Waals surface area contributed by atoms with Crippen LogP contribution in [-0.4, -0.2) is 58.5 Å². The topological polar surface area (TPSA) is 86.9 Å². The first kappa shape index (κ1) is 30.9. The molecule has 0 spiro atoms. The number of nitrogens with two attached hydrogens (primary N) is 1. The standard InChI is InChI=1S/C32H39F2N3O3/c1-5-22-9-8-10-23(13-22)19-37(20-30(38)29(35)16-24-14-27(33)18-28(34)15-24)32(40)26-12-21(4)11-25(17-26)31(39)36(6-2)7-3/h8-15,17-18,29-30,38H,5-7,16,19-20,35H2,1-4H3/t29-,30+/m0/s1. The number of aryl methyl sites for hydroxylation is 2. The molecule has 3 aromatic carbocycles. The summed E-state index contributed by atoms with van der Waals surface area (Å²) in [5.41, 5.74) is 10.1. The van der Waals surface area contributed by atoms with E-state index >= 15 is 0 Å². The summed E-state index contributed by atoms with van der Waals surface area (Å²) in [6, 6.07) is 15.2. The van der Waals surface area contributed by atoms with Crippen LogP contribution >= 0.6 is 0 Å². The van der Waals surface area contributed by atoms with Gasteiger partial charge in [0.05, 0.1) is 6.10 Å². The number of halogens is 2. The molecule has 0 saturated heterocycles. The van der Waals surface area contributed by atoms with Crippen molar-refractivity contribution in [3.63, 3.8) is 0 Å². The van der Waals surface area contributed by atoms with Crippen LogP contribution in [0.4, 0.5) is 8.78 Å². The molecule has 40 heavy (non-hydrogen) atoms. The van der Waals surface area contributed by atoms with Crippen LogP contribution in [0.25, 0.3) is 0 Å². The van der Waals surface area contributed by atoms with Crippen molar-refractivity contribution in [3.8, 4) is 0 Å². The minimum absolute atomic E-state index is 0.0240. The third-order valence-electron chi connectivity index (χ3n) is 6.98. The molecule has 0 aliphatic rings. The van der Waals surface area contributed by atoms with Gasteiger partial charge in [-0.2, -0.15) is 0 Å². The highest BCUT2D eigenvalue weighted by molar-refractivity contribution is 6.00. The number of rotatable bonds is 12. The van der Waals surface area contributed by atoms with Gasteiger partial charge in [-0.15, -0.1) is 0 Å². The van der Waals surface area contributed by atoms with E-state index < -0.39 is 23.8 Å². The van der Waals surface area contributed by atoms with Crippen LogP contribution in [0.5, 0.6) is 0 Å². The van der Waals surface area contributed by atoms with Gasteiger partial charge in [0.1, 0.15) is 11.6 Å². The molecule has 0 aromatic heterocycles. The Bertz CT molecular complexity index is 1310. The van der Waals surface area contributed by atoms with Crippen LogP contribution in [0.2, 0.25) is 0 Å². The zero-order valence-electron chi connectivity index (χ0n) is 23.7. The maximum Gasteiger partial charge on any atom is 0.254 e. The Morgan fingerprint density at radius 3 is 1.98 bits per heavy atom. The molecule has 0 radical (unpaired) electrons. The Labute approximate surface area is 235 Å². The maximum atomic E-state index is 13.9. The molecular weight excluding hydrogens is 512 g/mol. The van der Waals surface area contributed by atoms with E-state index in [1.54, 1.807) is 23.1 Å². The second-order valence-electron chi connectivity index (χ2n) is 10.1. The lowest BCUT2D eigenvalue weighted by Gasteiger charge is -2.29. The number of benzene rings is 3. The van der Waals surface area contributed by atoms with E-state index in [0.717, 1.165) is 29.2 Å². The summed E-state index contributed by atoms with van der Waals surface area (Å²) in [6.45, 7) is 8.86. The highest BCUT2D eigenvalue weighted by Gasteiger charge is 2.25. The van der Waals surface area contributed by atoms with E-state index in [1.807, 2.05) is 52.0 Å². The van der Waals surface area contributed by atoms with E-state index in [-0.39, 0.29) is 31.3 Å². The molecule has 0 unspecified atom stereocenters. The van der Waals surface area contributed by atoms with Gasteiger partial charge in [-0.05, 0) is 86.2 Å². The molecule has 2 amide bonds. The van der Waals surface area contributed by atoms with E-state index in [9.17, 15) is 23.5 Å². The number of hydrogen-bond donors (Lipinski definition) is 2. The average molecular weight is 552 g/mol. The summed E-state index contributed by atoms with van der Waals surface area (Å²) < 4.78 is 27.4. The Morgan fingerprint density at radius 1 is 0.825 bits per heavy atom. The highest BCUT2D eigenvalue weighted by atomic mass is 19.1. The maximum absolute atomic E-state index is 13.9. The zero-order valence-corrected chi connectivity index (χ0v) is 23.7. The van der Waals surface area contributed by atoms with Crippen molar-refractivity contribution in [2.24, 2.45) is 5.73 Å². The first-order chi connectivity index (χ1) is 19.0. The number of carbonyl (C=O) groups excluding carboxylic acids is 2. The quantitative estimate of drug-likeness (QED) is 0.336. The van der Waals surface area contributed by atoms with E-state index in [0.29, 0.717) is 29.8 Å². The van der Waals surface area contributed by atoms with Crippen molar-refractivity contribution >= 4 is 11.8 Å². The van der Waals surface area contributed by atoms with Crippen LogP contribution < -0.4 is 5.73 Å². The predicted octanol–water partition coefficient (Wildman–Crippen LogP) is 4.89. The summed E-state index contributed by atoms with van der Waals surface area (Å²) in [5, 5.41) is 11.0. The molecule has 8 heteroatoms. The van der Waals surface area contributed by atoms with Crippen molar-refractivity contribution in [2.75, 3.05) is 19.6 Å². The fourth-order valence-corrected chi connectivity index (χ4v) is 4.79. The summed E-state index contributed by atoms with van der Waals surface area (Å²) in [7, 11) is 0. The smallest absolute Gasteiger partial charge is 0.254 e. The van der Waals surface area contributed by atoms with Crippen LogP contribution in [0, 0.1) is 18.6 Å². The highest BCUT2D eigenvalue weighted by Crippen LogP contribution is 2.19. The average Bonchev–Trinajstić information content (AvgIpc) is 2.92. The van der Waals surface area contributed by atoms with Gasteiger partial charge in [-0.25, -0.2) is 8.78 Å².